The highest BCUT2D eigenvalue weighted by atomic mass is 32.1. The summed E-state index contributed by atoms with van der Waals surface area (Å²) in [6, 6.07) is 7.93. The van der Waals surface area contributed by atoms with Gasteiger partial charge in [0, 0.05) is 32.5 Å². The summed E-state index contributed by atoms with van der Waals surface area (Å²) < 4.78 is 0. The van der Waals surface area contributed by atoms with E-state index >= 15 is 0 Å². The second-order valence-electron chi connectivity index (χ2n) is 7.27. The fraction of sp³-hybridized carbons (Fsp3) is 0.500. The normalized spacial score (nSPS) is 15.2. The molecular weight excluding hydrogens is 372 g/mol. The lowest BCUT2D eigenvalue weighted by atomic mass is 9.97. The van der Waals surface area contributed by atoms with Crippen LogP contribution in [-0.2, 0) is 17.6 Å². The van der Waals surface area contributed by atoms with Crippen LogP contribution in [0.4, 0.5) is 5.13 Å². The number of carbonyl (C=O) groups excluding carboxylic acids is 1. The van der Waals surface area contributed by atoms with Crippen LogP contribution in [0.5, 0.6) is 0 Å². The Morgan fingerprint density at radius 1 is 1.29 bits per heavy atom. The number of anilines is 1. The molecule has 0 aliphatic carbocycles. The molecule has 1 aliphatic heterocycles. The minimum atomic E-state index is 0.0968. The van der Waals surface area contributed by atoms with Gasteiger partial charge >= 0.3 is 0 Å². The van der Waals surface area contributed by atoms with Gasteiger partial charge in [-0.2, -0.15) is 0 Å². The molecule has 1 amide bonds. The third-order valence-electron chi connectivity index (χ3n) is 5.26. The molecule has 8 heteroatoms. The van der Waals surface area contributed by atoms with Crippen LogP contribution >= 0.6 is 11.3 Å². The Balaban J connectivity index is 1.18. The number of fused-ring (bicyclic) bond motifs is 1. The Morgan fingerprint density at radius 3 is 2.86 bits per heavy atom. The minimum Gasteiger partial charge on any atom is -0.356 e. The number of rotatable bonds is 7. The largest absolute Gasteiger partial charge is 0.356 e. The number of hydrogen-bond acceptors (Lipinski definition) is 6. The molecule has 4 rings (SSSR count). The first-order chi connectivity index (χ1) is 13.7. The van der Waals surface area contributed by atoms with Crippen LogP contribution in [0.15, 0.2) is 24.3 Å². The van der Waals surface area contributed by atoms with Crippen molar-refractivity contribution in [3.63, 3.8) is 0 Å². The number of carbonyl (C=O) groups is 1. The van der Waals surface area contributed by atoms with Gasteiger partial charge in [0.1, 0.15) is 10.8 Å². The van der Waals surface area contributed by atoms with Crippen molar-refractivity contribution in [2.75, 3.05) is 24.5 Å². The van der Waals surface area contributed by atoms with Gasteiger partial charge in [-0.25, -0.2) is 4.98 Å². The number of aromatic amines is 1. The monoisotopic (exact) mass is 398 g/mol. The third-order valence-corrected chi connectivity index (χ3v) is 6.39. The maximum atomic E-state index is 12.2. The van der Waals surface area contributed by atoms with Crippen LogP contribution in [0.3, 0.4) is 0 Å². The molecule has 1 aromatic carbocycles. The summed E-state index contributed by atoms with van der Waals surface area (Å²) in [5.74, 6) is 1.50. The van der Waals surface area contributed by atoms with E-state index in [2.05, 4.69) is 37.3 Å². The number of H-pyrrole nitrogens is 1. The Morgan fingerprint density at radius 2 is 2.11 bits per heavy atom. The predicted octanol–water partition coefficient (Wildman–Crippen LogP) is 2.94. The Bertz CT molecular complexity index is 895. The quantitative estimate of drug-likeness (QED) is 0.639. The van der Waals surface area contributed by atoms with E-state index in [1.165, 1.54) is 0 Å². The molecule has 1 fully saturated rings. The first-order valence-electron chi connectivity index (χ1n) is 9.99. The second kappa shape index (κ2) is 8.68. The average Bonchev–Trinajstić information content (AvgIpc) is 3.37. The first-order valence-corrected chi connectivity index (χ1v) is 10.8. The van der Waals surface area contributed by atoms with Crippen LogP contribution in [0.25, 0.3) is 11.0 Å². The molecule has 2 aromatic heterocycles. The smallest absolute Gasteiger partial charge is 0.220 e. The predicted molar refractivity (Wildman–Crippen MR) is 112 cm³/mol. The van der Waals surface area contributed by atoms with Crippen molar-refractivity contribution >= 4 is 33.4 Å². The molecule has 0 unspecified atom stereocenters. The van der Waals surface area contributed by atoms with Gasteiger partial charge in [0.05, 0.1) is 11.0 Å². The number of nitrogens with one attached hydrogen (secondary N) is 2. The molecule has 0 saturated carbocycles. The maximum Gasteiger partial charge on any atom is 0.220 e. The van der Waals surface area contributed by atoms with E-state index in [0.717, 1.165) is 65.9 Å². The number of amides is 1. The number of para-hydroxylation sites is 2. The van der Waals surface area contributed by atoms with Gasteiger partial charge in [-0.3, -0.25) is 4.79 Å². The lowest BCUT2D eigenvalue weighted by Gasteiger charge is -2.31. The second-order valence-corrected chi connectivity index (χ2v) is 8.31. The number of imidazole rings is 1. The molecule has 0 bridgehead atoms. The van der Waals surface area contributed by atoms with Gasteiger partial charge in [0.2, 0.25) is 11.0 Å². The van der Waals surface area contributed by atoms with Gasteiger partial charge in [-0.1, -0.05) is 30.4 Å². The number of hydrogen-bond donors (Lipinski definition) is 2. The van der Waals surface area contributed by atoms with Crippen molar-refractivity contribution in [3.8, 4) is 0 Å². The number of nitrogens with zero attached hydrogens (tertiary/aromatic N) is 4. The molecule has 2 N–H and O–H groups in total. The molecule has 0 atom stereocenters. The van der Waals surface area contributed by atoms with Crippen molar-refractivity contribution in [2.24, 2.45) is 5.92 Å². The molecule has 3 heterocycles. The third kappa shape index (κ3) is 4.49. The summed E-state index contributed by atoms with van der Waals surface area (Å²) in [5, 5.41) is 13.7. The number of aryl methyl sites for hydroxylation is 2. The lowest BCUT2D eigenvalue weighted by Crippen LogP contribution is -2.38. The Kier molecular flexibility index (Phi) is 5.85. The number of aromatic nitrogens is 4. The van der Waals surface area contributed by atoms with Crippen LogP contribution in [0.2, 0.25) is 0 Å². The molecule has 28 heavy (non-hydrogen) atoms. The van der Waals surface area contributed by atoms with Gasteiger partial charge in [0.25, 0.3) is 0 Å². The van der Waals surface area contributed by atoms with Gasteiger partial charge in [-0.05, 0) is 37.3 Å². The average molecular weight is 399 g/mol. The molecule has 3 aromatic rings. The van der Waals surface area contributed by atoms with Crippen molar-refractivity contribution in [1.82, 2.24) is 25.5 Å². The van der Waals surface area contributed by atoms with E-state index in [-0.39, 0.29) is 5.91 Å². The fourth-order valence-electron chi connectivity index (χ4n) is 3.55. The molecule has 148 valence electrons. The summed E-state index contributed by atoms with van der Waals surface area (Å²) in [6.45, 7) is 4.83. The summed E-state index contributed by atoms with van der Waals surface area (Å²) in [6.07, 6.45) is 4.18. The summed E-state index contributed by atoms with van der Waals surface area (Å²) >= 11 is 1.69. The minimum absolute atomic E-state index is 0.0968. The highest BCUT2D eigenvalue weighted by Crippen LogP contribution is 2.26. The fourth-order valence-corrected chi connectivity index (χ4v) is 4.38. The highest BCUT2D eigenvalue weighted by molar-refractivity contribution is 7.15. The van der Waals surface area contributed by atoms with E-state index in [9.17, 15) is 4.79 Å². The van der Waals surface area contributed by atoms with Crippen LogP contribution in [0.1, 0.15) is 37.0 Å². The van der Waals surface area contributed by atoms with E-state index in [0.29, 0.717) is 18.8 Å². The van der Waals surface area contributed by atoms with Crippen LogP contribution in [-0.4, -0.2) is 45.7 Å². The zero-order valence-corrected chi connectivity index (χ0v) is 17.0. The molecule has 7 nitrogen and oxygen atoms in total. The van der Waals surface area contributed by atoms with Crippen molar-refractivity contribution < 1.29 is 4.79 Å². The Labute approximate surface area is 168 Å². The number of piperidine rings is 1. The summed E-state index contributed by atoms with van der Waals surface area (Å²) in [4.78, 5) is 22.3. The van der Waals surface area contributed by atoms with E-state index in [4.69, 9.17) is 0 Å². The van der Waals surface area contributed by atoms with E-state index < -0.39 is 0 Å². The van der Waals surface area contributed by atoms with E-state index in [1.54, 1.807) is 11.3 Å². The van der Waals surface area contributed by atoms with Crippen molar-refractivity contribution in [2.45, 2.75) is 39.0 Å². The van der Waals surface area contributed by atoms with Gasteiger partial charge in [0.15, 0.2) is 0 Å². The zero-order chi connectivity index (χ0) is 19.3. The number of benzene rings is 1. The topological polar surface area (TPSA) is 86.8 Å². The van der Waals surface area contributed by atoms with Gasteiger partial charge < -0.3 is 15.2 Å². The molecular formula is C20H26N6OS. The summed E-state index contributed by atoms with van der Waals surface area (Å²) in [7, 11) is 0. The van der Waals surface area contributed by atoms with Crippen LogP contribution in [0, 0.1) is 5.92 Å². The van der Waals surface area contributed by atoms with E-state index in [1.807, 2.05) is 24.3 Å². The molecule has 0 radical (unpaired) electrons. The van der Waals surface area contributed by atoms with Crippen LogP contribution < -0.4 is 10.2 Å². The van der Waals surface area contributed by atoms with Crippen molar-refractivity contribution in [3.05, 3.63) is 35.1 Å². The summed E-state index contributed by atoms with van der Waals surface area (Å²) in [5.41, 5.74) is 1.97. The molecule has 1 saturated heterocycles. The Hall–Kier alpha value is -2.48. The lowest BCUT2D eigenvalue weighted by molar-refractivity contribution is -0.121. The molecule has 1 aliphatic rings. The van der Waals surface area contributed by atoms with Gasteiger partial charge in [-0.15, -0.1) is 10.2 Å². The first kappa shape index (κ1) is 18.9. The van der Waals surface area contributed by atoms with Crippen molar-refractivity contribution in [1.29, 1.82) is 0 Å². The zero-order valence-electron chi connectivity index (χ0n) is 16.1. The standard InChI is InChI=1S/C20H26N6OS/c1-2-19-24-25-20(28-19)26-11-9-14(10-12-26)13-21-18(27)8-7-17-22-15-5-3-4-6-16(15)23-17/h3-6,14H,2,7-13H2,1H3,(H,21,27)(H,22,23). The maximum absolute atomic E-state index is 12.2. The highest BCUT2D eigenvalue weighted by Gasteiger charge is 2.22. The SMILES string of the molecule is CCc1nnc(N2CCC(CNC(=O)CCc3nc4ccccc4[nH]3)CC2)s1. The molecule has 0 spiro atoms.